The highest BCUT2D eigenvalue weighted by Crippen LogP contribution is 2.60. The van der Waals surface area contributed by atoms with E-state index in [1.54, 1.807) is 0 Å². The molecule has 0 heterocycles. The lowest BCUT2D eigenvalue weighted by molar-refractivity contribution is 0.0609. The molecule has 400 valence electrons. The summed E-state index contributed by atoms with van der Waals surface area (Å²) in [4.78, 5) is 0.654. The Bertz CT molecular complexity index is 2370. The van der Waals surface area contributed by atoms with Gasteiger partial charge in [0.1, 0.15) is 7.14 Å². The molecule has 72 heavy (non-hydrogen) atoms. The monoisotopic (exact) mass is 1080 g/mol. The summed E-state index contributed by atoms with van der Waals surface area (Å²) in [6.45, 7) is 28.0. The van der Waals surface area contributed by atoms with Gasteiger partial charge in [-0.3, -0.25) is 0 Å². The molecule has 4 aliphatic carbocycles. The van der Waals surface area contributed by atoms with Crippen molar-refractivity contribution in [3.05, 3.63) is 126 Å². The first-order valence-corrected chi connectivity index (χ1v) is 36.4. The number of allylic oxidation sites excluding steroid dienone is 4. The molecule has 3 aromatic rings. The largest absolute Gasteiger partial charge is 0.414 e. The van der Waals surface area contributed by atoms with E-state index in [1.807, 2.05) is 91.0 Å². The van der Waals surface area contributed by atoms with E-state index in [2.05, 4.69) is 99.8 Å². The maximum absolute atomic E-state index is 14.6. The smallest absolute Gasteiger partial charge is 0.192 e. The molecule has 7 rings (SSSR count). The molecule has 12 heteroatoms. The molecule has 0 amide bonds. The van der Waals surface area contributed by atoms with Gasteiger partial charge in [-0.25, -0.2) is 8.99 Å². The molecule has 4 saturated carbocycles. The molecule has 0 radical (unpaired) electrons. The average Bonchev–Trinajstić information content (AvgIpc) is 3.66. The fourth-order valence-electron chi connectivity index (χ4n) is 11.7. The van der Waals surface area contributed by atoms with Gasteiger partial charge in [0.05, 0.1) is 34.1 Å². The molecule has 9 atom stereocenters. The van der Waals surface area contributed by atoms with Crippen LogP contribution in [0.25, 0.3) is 0 Å². The zero-order valence-electron chi connectivity index (χ0n) is 46.2. The van der Waals surface area contributed by atoms with E-state index in [-0.39, 0.29) is 41.2 Å². The second-order valence-electron chi connectivity index (χ2n) is 25.2. The van der Waals surface area contributed by atoms with Crippen LogP contribution in [0.4, 0.5) is 0 Å². The summed E-state index contributed by atoms with van der Waals surface area (Å²) in [6.07, 6.45) is 18.1. The average molecular weight is 1080 g/mol. The molecule has 3 N–H and O–H groups in total. The Morgan fingerprint density at radius 3 is 1.72 bits per heavy atom. The molecule has 4 aliphatic rings. The minimum Gasteiger partial charge on any atom is -0.414 e. The Morgan fingerprint density at radius 2 is 1.24 bits per heavy atom. The van der Waals surface area contributed by atoms with Crippen molar-refractivity contribution in [1.82, 2.24) is 0 Å². The van der Waals surface area contributed by atoms with Gasteiger partial charge < -0.3 is 23.6 Å². The maximum atomic E-state index is 14.6. The summed E-state index contributed by atoms with van der Waals surface area (Å²) in [5, 5.41) is 22.1. The molecule has 1 unspecified atom stereocenters. The third-order valence-corrected chi connectivity index (χ3v) is 31.7. The van der Waals surface area contributed by atoms with Crippen LogP contribution in [-0.2, 0) is 23.1 Å². The van der Waals surface area contributed by atoms with Crippen LogP contribution in [0.2, 0.25) is 36.3 Å². The van der Waals surface area contributed by atoms with Gasteiger partial charge in [-0.05, 0) is 149 Å². The number of fused-ring (bicyclic) bond motifs is 1. The summed E-state index contributed by atoms with van der Waals surface area (Å²) in [5.41, 5.74) is 4.29. The maximum Gasteiger partial charge on any atom is 0.192 e. The minimum atomic E-state index is -2.81. The highest BCUT2D eigenvalue weighted by atomic mass is 32.2. The lowest BCUT2D eigenvalue weighted by atomic mass is 9.61. The molecular formula is C60H94NO6PS2Si2. The molecule has 0 saturated heterocycles. The SMILES string of the molecule is CC(C)(C)[Si](C)(C)O[C@@H]1CC(=CCP(=O)(c2ccccc2)c2ccccc2)C[C@@H](O[Si](C)(C)C(C)(C)C)C1.C[C@H](CCS(=N)(=O)c1ccccc1)[C@H]1CC[C@H]2/C(=C/C=C3C[C@@H](O)C[C@H](O)C3)CCC[C@]12C.S. The van der Waals surface area contributed by atoms with Crippen LogP contribution in [0, 0.1) is 27.9 Å². The van der Waals surface area contributed by atoms with Crippen molar-refractivity contribution < 1.29 is 27.8 Å². The normalized spacial score (nSPS) is 27.1. The number of hydrogen-bond acceptors (Lipinski definition) is 7. The Labute approximate surface area is 446 Å². The molecule has 0 spiro atoms. The first kappa shape index (κ1) is 60.5. The van der Waals surface area contributed by atoms with E-state index >= 15 is 0 Å². The quantitative estimate of drug-likeness (QED) is 0.0841. The number of aliphatic hydroxyl groups excluding tert-OH is 2. The van der Waals surface area contributed by atoms with E-state index < -0.39 is 45.7 Å². The summed E-state index contributed by atoms with van der Waals surface area (Å²) >= 11 is 0. The highest BCUT2D eigenvalue weighted by molar-refractivity contribution is 7.92. The highest BCUT2D eigenvalue weighted by Gasteiger charge is 2.51. The van der Waals surface area contributed by atoms with Gasteiger partial charge in [0, 0.05) is 27.4 Å². The number of hydrogen-bond donors (Lipinski definition) is 3. The molecule has 7 nitrogen and oxygen atoms in total. The Morgan fingerprint density at radius 1 is 0.750 bits per heavy atom. The second-order valence-corrected chi connectivity index (χ2v) is 39.8. The van der Waals surface area contributed by atoms with Crippen molar-refractivity contribution in [3.8, 4) is 0 Å². The minimum absolute atomic E-state index is 0. The van der Waals surface area contributed by atoms with E-state index in [0.717, 1.165) is 48.3 Å². The summed E-state index contributed by atoms with van der Waals surface area (Å²) in [6, 6.07) is 29.3. The van der Waals surface area contributed by atoms with E-state index in [0.29, 0.717) is 53.8 Å². The van der Waals surface area contributed by atoms with Gasteiger partial charge in [0.15, 0.2) is 16.6 Å². The van der Waals surface area contributed by atoms with Gasteiger partial charge >= 0.3 is 0 Å². The molecule has 0 aliphatic heterocycles. The summed E-state index contributed by atoms with van der Waals surface area (Å²) < 4.78 is 50.1. The van der Waals surface area contributed by atoms with Gasteiger partial charge in [0.25, 0.3) is 0 Å². The van der Waals surface area contributed by atoms with Crippen molar-refractivity contribution in [2.45, 2.75) is 198 Å². The zero-order chi connectivity index (χ0) is 52.0. The standard InChI is InChI=1S/C32H51O3PSi2.C28H41NO3S.H2S/c1-31(2,3)37(7,8)34-27-23-26(24-28(25-27)35-38(9,10)32(4,5)6)21-22-36(33,29-17-13-11-14-18-29)30-19-15-12-16-20-30;1-20(14-16-33(29,32)25-8-4-3-5-9-25)26-12-13-27-22(7-6-15-28(26,27)2)11-10-21-17-23(30)19-24(31)18-21;/h11-21,27-28H,22-25H2,1-10H3;3-5,8-11,20,23-24,26-27,29-31H,6-7,12-19H2,1-2H3;1H2/b;22-11+;/t27-,28-;20-,23-,24-,26-,27+,28-,33?;/m11./s1. The van der Waals surface area contributed by atoms with Crippen LogP contribution in [0.1, 0.15) is 132 Å². The Kier molecular flexibility index (Phi) is 20.8. The molecule has 0 aromatic heterocycles. The van der Waals surface area contributed by atoms with Crippen LogP contribution in [0.5, 0.6) is 0 Å². The van der Waals surface area contributed by atoms with Gasteiger partial charge in [0.2, 0.25) is 0 Å². The van der Waals surface area contributed by atoms with Gasteiger partial charge in [-0.1, -0.05) is 169 Å². The lowest BCUT2D eigenvalue weighted by Gasteiger charge is -2.45. The number of nitrogens with one attached hydrogen (secondary N) is 1. The third kappa shape index (κ3) is 15.2. The van der Waals surface area contributed by atoms with E-state index in [9.17, 15) is 19.0 Å². The van der Waals surface area contributed by atoms with Crippen LogP contribution >= 0.6 is 20.6 Å². The molecule has 3 aromatic carbocycles. The summed E-state index contributed by atoms with van der Waals surface area (Å²) in [7, 11) is -9.42. The van der Waals surface area contributed by atoms with E-state index in [1.165, 1.54) is 36.8 Å². The Hall–Kier alpha value is -2.32. The molecule has 4 fully saturated rings. The van der Waals surface area contributed by atoms with Crippen molar-refractivity contribution in [3.63, 3.8) is 0 Å². The van der Waals surface area contributed by atoms with Crippen molar-refractivity contribution in [2.24, 2.45) is 23.2 Å². The van der Waals surface area contributed by atoms with Crippen LogP contribution in [0.3, 0.4) is 0 Å². The van der Waals surface area contributed by atoms with Crippen molar-refractivity contribution in [1.29, 1.82) is 4.78 Å². The molecule has 0 bridgehead atoms. The van der Waals surface area contributed by atoms with Crippen molar-refractivity contribution in [2.75, 3.05) is 11.9 Å². The number of benzene rings is 3. The number of aliphatic hydroxyl groups is 2. The predicted molar refractivity (Wildman–Crippen MR) is 316 cm³/mol. The fourth-order valence-corrected chi connectivity index (χ4v) is 18.5. The fraction of sp³-hybridized carbons (Fsp3) is 0.600. The molecular weight excluding hydrogens is 982 g/mol. The number of rotatable bonds is 14. The van der Waals surface area contributed by atoms with Crippen LogP contribution in [0.15, 0.2) is 131 Å². The van der Waals surface area contributed by atoms with Gasteiger partial charge in [-0.2, -0.15) is 13.5 Å². The second kappa shape index (κ2) is 24.8. The topological polar surface area (TPSA) is 117 Å². The first-order valence-electron chi connectivity index (χ1n) is 26.9. The van der Waals surface area contributed by atoms with Crippen molar-refractivity contribution >= 4 is 57.6 Å². The van der Waals surface area contributed by atoms with Crippen LogP contribution in [-0.4, -0.2) is 67.4 Å². The van der Waals surface area contributed by atoms with Gasteiger partial charge in [-0.15, -0.1) is 0 Å². The lowest BCUT2D eigenvalue weighted by Crippen LogP contribution is -2.48. The predicted octanol–water partition coefficient (Wildman–Crippen LogP) is 15.1. The third-order valence-electron chi connectivity index (χ3n) is 17.8. The van der Waals surface area contributed by atoms with Crippen LogP contribution < -0.4 is 10.6 Å². The first-order chi connectivity index (χ1) is 33.1. The van der Waals surface area contributed by atoms with E-state index in [4.69, 9.17) is 13.6 Å². The zero-order valence-corrected chi connectivity index (χ0v) is 50.9. The Balaban J connectivity index is 0.000000266. The summed E-state index contributed by atoms with van der Waals surface area (Å²) in [5.74, 6) is 2.08.